The van der Waals surface area contributed by atoms with Gasteiger partial charge in [-0.15, -0.1) is 12.4 Å². The Morgan fingerprint density at radius 1 is 1.08 bits per heavy atom. The van der Waals surface area contributed by atoms with Gasteiger partial charge in [-0.3, -0.25) is 4.79 Å². The molecule has 1 aromatic rings. The molecule has 1 heterocycles. The summed E-state index contributed by atoms with van der Waals surface area (Å²) < 4.78 is 0. The van der Waals surface area contributed by atoms with Crippen LogP contribution in [0.25, 0.3) is 0 Å². The van der Waals surface area contributed by atoms with Crippen LogP contribution < -0.4 is 5.32 Å². The summed E-state index contributed by atoms with van der Waals surface area (Å²) in [5.41, 5.74) is 0.854. The molecule has 0 aromatic heterocycles. The van der Waals surface area contributed by atoms with E-state index in [1.165, 1.54) is 19.4 Å². The van der Waals surface area contributed by atoms with Gasteiger partial charge in [0.05, 0.1) is 5.41 Å². The number of benzene rings is 1. The summed E-state index contributed by atoms with van der Waals surface area (Å²) in [6.45, 7) is 2.97. The summed E-state index contributed by atoms with van der Waals surface area (Å²) in [5, 5.41) is 4.45. The highest BCUT2D eigenvalue weighted by Gasteiger charge is 2.45. The zero-order valence-corrected chi connectivity index (χ0v) is 17.0. The topological polar surface area (TPSA) is 32.3 Å². The largest absolute Gasteiger partial charge is 0.342 e. The average molecular weight is 397 g/mol. The fraction of sp³-hybridized carbons (Fsp3) is 0.667. The Morgan fingerprint density at radius 3 is 2.27 bits per heavy atom. The molecule has 1 aliphatic heterocycles. The van der Waals surface area contributed by atoms with Crippen molar-refractivity contribution in [1.29, 1.82) is 0 Å². The first-order valence-corrected chi connectivity index (χ1v) is 10.3. The van der Waals surface area contributed by atoms with Crippen molar-refractivity contribution >= 4 is 29.9 Å². The van der Waals surface area contributed by atoms with Crippen LogP contribution in [-0.4, -0.2) is 36.5 Å². The Hall–Kier alpha value is -0.770. The van der Waals surface area contributed by atoms with Crippen LogP contribution in [0.15, 0.2) is 24.3 Å². The van der Waals surface area contributed by atoms with Crippen molar-refractivity contribution in [2.75, 3.05) is 19.6 Å². The van der Waals surface area contributed by atoms with Crippen LogP contribution in [0.2, 0.25) is 5.02 Å². The second-order valence-electron chi connectivity index (χ2n) is 8.21. The molecule has 3 aliphatic rings. The van der Waals surface area contributed by atoms with E-state index in [-0.39, 0.29) is 17.8 Å². The van der Waals surface area contributed by atoms with E-state index in [4.69, 9.17) is 11.6 Å². The smallest absolute Gasteiger partial charge is 0.233 e. The molecule has 0 bridgehead atoms. The second kappa shape index (κ2) is 8.50. The van der Waals surface area contributed by atoms with Crippen molar-refractivity contribution in [3.63, 3.8) is 0 Å². The van der Waals surface area contributed by atoms with Gasteiger partial charge in [0.1, 0.15) is 0 Å². The molecule has 3 fully saturated rings. The molecule has 1 saturated heterocycles. The number of hydrogen-bond donors (Lipinski definition) is 1. The van der Waals surface area contributed by atoms with Crippen LogP contribution in [0.1, 0.15) is 56.9 Å². The summed E-state index contributed by atoms with van der Waals surface area (Å²) in [4.78, 5) is 15.6. The van der Waals surface area contributed by atoms with E-state index in [2.05, 4.69) is 22.3 Å². The average Bonchev–Trinajstić information content (AvgIpc) is 3.35. The highest BCUT2D eigenvalue weighted by Crippen LogP contribution is 2.43. The summed E-state index contributed by atoms with van der Waals surface area (Å²) in [6, 6.07) is 8.58. The summed E-state index contributed by atoms with van der Waals surface area (Å²) in [7, 11) is 0. The van der Waals surface area contributed by atoms with Crippen molar-refractivity contribution in [3.05, 3.63) is 34.9 Å². The number of carbonyl (C=O) groups excluding carboxylic acids is 1. The molecule has 2 aliphatic carbocycles. The third-order valence-corrected chi connectivity index (χ3v) is 6.69. The number of halogens is 2. The van der Waals surface area contributed by atoms with Gasteiger partial charge in [0.15, 0.2) is 0 Å². The number of hydrogen-bond acceptors (Lipinski definition) is 2. The second-order valence-corrected chi connectivity index (χ2v) is 8.65. The normalized spacial score (nSPS) is 22.9. The maximum atomic E-state index is 13.5. The van der Waals surface area contributed by atoms with Crippen molar-refractivity contribution in [2.24, 2.45) is 5.92 Å². The van der Waals surface area contributed by atoms with Crippen molar-refractivity contribution in [3.8, 4) is 0 Å². The standard InChI is InChI=1S/C21H29ClN2O.ClH/c22-18-7-5-17(6-8-18)21(11-1-2-12-21)20(25)24-13-9-19(10-14-24)23-15-16-3-4-16;/h5-8,16,19,23H,1-4,9-15H2;1H. The molecule has 5 heteroatoms. The van der Waals surface area contributed by atoms with E-state index in [0.29, 0.717) is 11.9 Å². The number of amides is 1. The Morgan fingerprint density at radius 2 is 1.69 bits per heavy atom. The van der Waals surface area contributed by atoms with E-state index in [1.54, 1.807) is 0 Å². The van der Waals surface area contributed by atoms with Gasteiger partial charge in [0.2, 0.25) is 5.91 Å². The highest BCUT2D eigenvalue weighted by atomic mass is 35.5. The van der Waals surface area contributed by atoms with Gasteiger partial charge < -0.3 is 10.2 Å². The quantitative estimate of drug-likeness (QED) is 0.790. The lowest BCUT2D eigenvalue weighted by molar-refractivity contribution is -0.138. The van der Waals surface area contributed by atoms with Gasteiger partial charge in [-0.05, 0) is 68.7 Å². The molecule has 4 rings (SSSR count). The summed E-state index contributed by atoms with van der Waals surface area (Å²) >= 11 is 6.06. The molecule has 2 saturated carbocycles. The predicted octanol–water partition coefficient (Wildman–Crippen LogP) is 4.56. The number of likely N-dealkylation sites (tertiary alicyclic amines) is 1. The molecule has 144 valence electrons. The van der Waals surface area contributed by atoms with Crippen LogP contribution in [0, 0.1) is 5.92 Å². The molecule has 0 spiro atoms. The van der Waals surface area contributed by atoms with Crippen LogP contribution in [-0.2, 0) is 10.2 Å². The molecular weight excluding hydrogens is 367 g/mol. The van der Waals surface area contributed by atoms with E-state index in [9.17, 15) is 4.79 Å². The fourth-order valence-corrected chi connectivity index (χ4v) is 4.74. The Kier molecular flexibility index (Phi) is 6.53. The third kappa shape index (κ3) is 4.21. The lowest BCUT2D eigenvalue weighted by Gasteiger charge is -2.39. The van der Waals surface area contributed by atoms with E-state index in [0.717, 1.165) is 68.1 Å². The van der Waals surface area contributed by atoms with Gasteiger partial charge in [-0.2, -0.15) is 0 Å². The molecule has 26 heavy (non-hydrogen) atoms. The zero-order valence-electron chi connectivity index (χ0n) is 15.4. The number of carbonyl (C=O) groups is 1. The minimum Gasteiger partial charge on any atom is -0.342 e. The molecule has 0 atom stereocenters. The van der Waals surface area contributed by atoms with Crippen LogP contribution in [0.5, 0.6) is 0 Å². The van der Waals surface area contributed by atoms with Crippen molar-refractivity contribution < 1.29 is 4.79 Å². The first-order chi connectivity index (χ1) is 12.2. The number of piperidine rings is 1. The fourth-order valence-electron chi connectivity index (χ4n) is 4.62. The number of rotatable bonds is 5. The first kappa shape index (κ1) is 20.0. The lowest BCUT2D eigenvalue weighted by Crippen LogP contribution is -2.51. The van der Waals surface area contributed by atoms with Crippen LogP contribution in [0.4, 0.5) is 0 Å². The lowest BCUT2D eigenvalue weighted by atomic mass is 9.77. The highest BCUT2D eigenvalue weighted by molar-refractivity contribution is 6.30. The third-order valence-electron chi connectivity index (χ3n) is 6.44. The minimum atomic E-state index is -0.307. The Bertz CT molecular complexity index is 601. The van der Waals surface area contributed by atoms with Gasteiger partial charge in [0.25, 0.3) is 0 Å². The minimum absolute atomic E-state index is 0. The Balaban J connectivity index is 0.00000196. The monoisotopic (exact) mass is 396 g/mol. The molecular formula is C21H30Cl2N2O. The molecule has 0 unspecified atom stereocenters. The summed E-state index contributed by atoms with van der Waals surface area (Å²) in [5.74, 6) is 1.28. The van der Waals surface area contributed by atoms with E-state index < -0.39 is 0 Å². The van der Waals surface area contributed by atoms with Gasteiger partial charge >= 0.3 is 0 Å². The van der Waals surface area contributed by atoms with Crippen LogP contribution >= 0.6 is 24.0 Å². The van der Waals surface area contributed by atoms with E-state index >= 15 is 0 Å². The van der Waals surface area contributed by atoms with Gasteiger partial charge in [-0.25, -0.2) is 0 Å². The van der Waals surface area contributed by atoms with Gasteiger partial charge in [0, 0.05) is 24.2 Å². The van der Waals surface area contributed by atoms with Crippen LogP contribution in [0.3, 0.4) is 0 Å². The number of nitrogens with zero attached hydrogens (tertiary/aromatic N) is 1. The van der Waals surface area contributed by atoms with Gasteiger partial charge in [-0.1, -0.05) is 36.6 Å². The van der Waals surface area contributed by atoms with Crippen molar-refractivity contribution in [2.45, 2.75) is 62.8 Å². The number of nitrogens with one attached hydrogen (secondary N) is 1. The van der Waals surface area contributed by atoms with Crippen molar-refractivity contribution in [1.82, 2.24) is 10.2 Å². The molecule has 0 radical (unpaired) electrons. The molecule has 1 amide bonds. The maximum Gasteiger partial charge on any atom is 0.233 e. The Labute approximate surface area is 168 Å². The zero-order chi connectivity index (χ0) is 17.3. The maximum absolute atomic E-state index is 13.5. The predicted molar refractivity (Wildman–Crippen MR) is 109 cm³/mol. The molecule has 1 N–H and O–H groups in total. The molecule has 1 aromatic carbocycles. The SMILES string of the molecule is Cl.O=C(N1CCC(NCC2CC2)CC1)C1(c2ccc(Cl)cc2)CCCC1. The summed E-state index contributed by atoms with van der Waals surface area (Å²) in [6.07, 6.45) is 9.23. The van der Waals surface area contributed by atoms with E-state index in [1.807, 2.05) is 12.1 Å². The molecule has 3 nitrogen and oxygen atoms in total. The first-order valence-electron chi connectivity index (χ1n) is 9.96.